The Morgan fingerprint density at radius 1 is 1.10 bits per heavy atom. The minimum atomic E-state index is -4.47. The van der Waals surface area contributed by atoms with E-state index in [4.69, 9.17) is 0 Å². The fourth-order valence-corrected chi connectivity index (χ4v) is 4.55. The van der Waals surface area contributed by atoms with E-state index in [1.54, 1.807) is 0 Å². The van der Waals surface area contributed by atoms with Gasteiger partial charge in [-0.05, 0) is 6.42 Å². The van der Waals surface area contributed by atoms with Crippen LogP contribution in [0.4, 0.5) is 0 Å². The van der Waals surface area contributed by atoms with Crippen molar-refractivity contribution in [2.45, 2.75) is 77.2 Å². The summed E-state index contributed by atoms with van der Waals surface area (Å²) in [4.78, 5) is 4.56. The molecule has 0 radical (unpaired) electrons. The molecule has 0 aromatic carbocycles. The molecule has 0 aromatic rings. The van der Waals surface area contributed by atoms with Crippen LogP contribution in [-0.2, 0) is 10.1 Å². The number of rotatable bonds is 16. The summed E-state index contributed by atoms with van der Waals surface area (Å²) in [5.74, 6) is 0.137. The van der Waals surface area contributed by atoms with Crippen molar-refractivity contribution in [1.29, 1.82) is 0 Å². The Morgan fingerprint density at radius 3 is 2.17 bits per heavy atom. The largest absolute Gasteiger partial charge is 1.00 e. The third-order valence-corrected chi connectivity index (χ3v) is 6.15. The van der Waals surface area contributed by atoms with Crippen LogP contribution in [0.15, 0.2) is 4.99 Å². The SMILES string of the molecule is CCCCCCCCCCCC1=NCC[N+]1(CCO)CC(O)CS(=O)(=O)[O-].[Na+].[OH-]. The molecule has 168 valence electrons. The Labute approximate surface area is 198 Å². The van der Waals surface area contributed by atoms with Gasteiger partial charge < -0.3 is 20.2 Å². The summed E-state index contributed by atoms with van der Waals surface area (Å²) in [5.41, 5.74) is 0. The van der Waals surface area contributed by atoms with Gasteiger partial charge in [0.15, 0.2) is 5.84 Å². The van der Waals surface area contributed by atoms with Crippen molar-refractivity contribution in [3.8, 4) is 0 Å². The van der Waals surface area contributed by atoms with Crippen LogP contribution in [0.1, 0.15) is 71.1 Å². The van der Waals surface area contributed by atoms with Gasteiger partial charge in [-0.1, -0.05) is 58.3 Å². The molecule has 0 aliphatic carbocycles. The Hall–Kier alpha value is 0.420. The predicted octanol–water partition coefficient (Wildman–Crippen LogP) is -1.14. The van der Waals surface area contributed by atoms with Gasteiger partial charge >= 0.3 is 29.6 Å². The molecule has 0 fully saturated rings. The van der Waals surface area contributed by atoms with E-state index in [1.807, 2.05) is 0 Å². The van der Waals surface area contributed by atoms with E-state index in [2.05, 4.69) is 11.9 Å². The third-order valence-electron chi connectivity index (χ3n) is 5.36. The average molecular weight is 447 g/mol. The maximum Gasteiger partial charge on any atom is 1.00 e. The first kappa shape index (κ1) is 31.6. The van der Waals surface area contributed by atoms with E-state index < -0.39 is 22.0 Å². The molecular formula is C19H39N2NaO6S. The molecule has 8 nitrogen and oxygen atoms in total. The number of amidine groups is 1. The smallest absolute Gasteiger partial charge is 0.870 e. The zero-order valence-corrected chi connectivity index (χ0v) is 21.1. The van der Waals surface area contributed by atoms with Gasteiger partial charge in [-0.3, -0.25) is 4.48 Å². The summed E-state index contributed by atoms with van der Waals surface area (Å²) in [6, 6.07) is 0. The Balaban J connectivity index is 0. The van der Waals surface area contributed by atoms with Crippen molar-refractivity contribution >= 4 is 16.0 Å². The van der Waals surface area contributed by atoms with Crippen molar-refractivity contribution in [3.05, 3.63) is 0 Å². The van der Waals surface area contributed by atoms with Crippen molar-refractivity contribution in [3.63, 3.8) is 0 Å². The maximum absolute atomic E-state index is 10.9. The van der Waals surface area contributed by atoms with Crippen LogP contribution < -0.4 is 29.6 Å². The van der Waals surface area contributed by atoms with Crippen LogP contribution in [0.25, 0.3) is 0 Å². The van der Waals surface area contributed by atoms with E-state index >= 15 is 0 Å². The van der Waals surface area contributed by atoms with Crippen molar-refractivity contribution in [1.82, 2.24) is 0 Å². The summed E-state index contributed by atoms with van der Waals surface area (Å²) in [5, 5.41) is 19.5. The summed E-state index contributed by atoms with van der Waals surface area (Å²) in [7, 11) is -4.47. The monoisotopic (exact) mass is 446 g/mol. The molecule has 29 heavy (non-hydrogen) atoms. The molecule has 0 spiro atoms. The minimum Gasteiger partial charge on any atom is -0.870 e. The van der Waals surface area contributed by atoms with Crippen LogP contribution in [0.5, 0.6) is 0 Å². The van der Waals surface area contributed by atoms with Crippen LogP contribution in [0.3, 0.4) is 0 Å². The fourth-order valence-electron chi connectivity index (χ4n) is 3.97. The van der Waals surface area contributed by atoms with E-state index in [1.165, 1.54) is 44.9 Å². The van der Waals surface area contributed by atoms with E-state index in [0.717, 1.165) is 25.1 Å². The molecule has 1 aliphatic heterocycles. The number of hydrogen-bond acceptors (Lipinski definition) is 7. The summed E-state index contributed by atoms with van der Waals surface area (Å²) < 4.78 is 33.0. The maximum atomic E-state index is 10.9. The number of quaternary nitrogens is 1. The zero-order valence-electron chi connectivity index (χ0n) is 18.3. The standard InChI is InChI=1S/C19H38N2O5S.Na.H2O/c1-2-3-4-5-6-7-8-9-10-11-19-20-12-13-21(19,14-15-22)16-18(23)17-27(24,25)26;;/h18,22-23H,2-17H2,1H3;;1H2/q;+1;/p-1. The molecule has 0 aromatic heterocycles. The molecule has 3 N–H and O–H groups in total. The molecule has 0 amide bonds. The van der Waals surface area contributed by atoms with Gasteiger partial charge in [0.05, 0.1) is 29.0 Å². The molecule has 1 aliphatic rings. The number of hydrogen-bond donors (Lipinski definition) is 2. The first-order valence-electron chi connectivity index (χ1n) is 10.5. The Kier molecular flexibility index (Phi) is 18.6. The zero-order chi connectivity index (χ0) is 20.2. The van der Waals surface area contributed by atoms with Crippen molar-refractivity contribution in [2.75, 3.05) is 38.5 Å². The molecule has 10 heteroatoms. The number of nitrogens with zero attached hydrogens (tertiary/aromatic N) is 2. The summed E-state index contributed by atoms with van der Waals surface area (Å²) >= 11 is 0. The summed E-state index contributed by atoms with van der Waals surface area (Å²) in [6.07, 6.45) is 10.7. The van der Waals surface area contributed by atoms with Gasteiger partial charge in [0, 0.05) is 6.42 Å². The normalized spacial score (nSPS) is 19.9. The second-order valence-corrected chi connectivity index (χ2v) is 9.20. The topological polar surface area (TPSA) is 140 Å². The first-order valence-corrected chi connectivity index (χ1v) is 12.0. The quantitative estimate of drug-likeness (QED) is 0.133. The summed E-state index contributed by atoms with van der Waals surface area (Å²) in [6.45, 7) is 3.94. The molecule has 0 saturated heterocycles. The Morgan fingerprint density at radius 2 is 1.66 bits per heavy atom. The molecule has 2 unspecified atom stereocenters. The van der Waals surface area contributed by atoms with Gasteiger partial charge in [0.2, 0.25) is 0 Å². The average Bonchev–Trinajstić information content (AvgIpc) is 2.94. The number of aliphatic hydroxyl groups excluding tert-OH is 2. The number of unbranched alkanes of at least 4 members (excludes halogenated alkanes) is 8. The minimum absolute atomic E-state index is 0. The van der Waals surface area contributed by atoms with E-state index in [9.17, 15) is 23.2 Å². The van der Waals surface area contributed by atoms with Crippen molar-refractivity contribution < 1.29 is 62.7 Å². The molecule has 1 heterocycles. The molecule has 2 atom stereocenters. The van der Waals surface area contributed by atoms with Gasteiger partial charge in [-0.2, -0.15) is 0 Å². The third kappa shape index (κ3) is 13.4. The molecule has 0 bridgehead atoms. The van der Waals surface area contributed by atoms with E-state index in [-0.39, 0.29) is 48.2 Å². The van der Waals surface area contributed by atoms with Crippen LogP contribution >= 0.6 is 0 Å². The Bertz CT molecular complexity index is 547. The molecular weight excluding hydrogens is 407 g/mol. The number of aliphatic hydroxyl groups is 2. The van der Waals surface area contributed by atoms with Crippen molar-refractivity contribution in [2.24, 2.45) is 4.99 Å². The van der Waals surface area contributed by atoms with Gasteiger partial charge in [-0.25, -0.2) is 13.4 Å². The van der Waals surface area contributed by atoms with Gasteiger partial charge in [-0.15, -0.1) is 0 Å². The van der Waals surface area contributed by atoms with Crippen LogP contribution in [0, 0.1) is 0 Å². The van der Waals surface area contributed by atoms with E-state index in [0.29, 0.717) is 24.1 Å². The molecule has 0 saturated carbocycles. The van der Waals surface area contributed by atoms with Crippen LogP contribution in [0.2, 0.25) is 0 Å². The van der Waals surface area contributed by atoms with Crippen LogP contribution in [-0.4, -0.2) is 83.6 Å². The van der Waals surface area contributed by atoms with Gasteiger partial charge in [0.1, 0.15) is 25.7 Å². The first-order chi connectivity index (χ1) is 12.8. The molecule has 1 rings (SSSR count). The second kappa shape index (κ2) is 17.0. The fraction of sp³-hybridized carbons (Fsp3) is 0.947. The predicted molar refractivity (Wildman–Crippen MR) is 109 cm³/mol. The second-order valence-electron chi connectivity index (χ2n) is 7.75. The van der Waals surface area contributed by atoms with Gasteiger partial charge in [0.25, 0.3) is 0 Å². The number of aliphatic imine (C=N–C) groups is 1.